The SMILES string of the molecule is CC12CC3CC(NC(=O)Nc4ccc(F)c(F)c4F)(CC(C1)c1ccccc13)C2. The highest BCUT2D eigenvalue weighted by atomic mass is 19.2. The molecule has 2 saturated carbocycles. The van der Waals surface area contributed by atoms with E-state index in [4.69, 9.17) is 0 Å². The molecule has 6 rings (SSSR count). The lowest BCUT2D eigenvalue weighted by Gasteiger charge is -2.54. The van der Waals surface area contributed by atoms with Crippen molar-refractivity contribution in [2.75, 3.05) is 5.32 Å². The molecular weight excluding hydrogens is 377 g/mol. The first-order valence-electron chi connectivity index (χ1n) is 10.1. The molecule has 2 N–H and O–H groups in total. The highest BCUT2D eigenvalue weighted by Gasteiger charge is 2.55. The summed E-state index contributed by atoms with van der Waals surface area (Å²) in [6, 6.07) is 9.83. The molecule has 4 aliphatic carbocycles. The number of anilines is 1. The summed E-state index contributed by atoms with van der Waals surface area (Å²) in [7, 11) is 0. The predicted molar refractivity (Wildman–Crippen MR) is 104 cm³/mol. The molecule has 2 fully saturated rings. The summed E-state index contributed by atoms with van der Waals surface area (Å²) >= 11 is 0. The van der Waals surface area contributed by atoms with Crippen LogP contribution in [0.4, 0.5) is 23.7 Å². The molecule has 0 heterocycles. The minimum Gasteiger partial charge on any atom is -0.332 e. The van der Waals surface area contributed by atoms with Crippen molar-refractivity contribution in [3.63, 3.8) is 0 Å². The topological polar surface area (TPSA) is 41.1 Å². The Morgan fingerprint density at radius 2 is 1.55 bits per heavy atom. The van der Waals surface area contributed by atoms with E-state index in [2.05, 4.69) is 41.8 Å². The van der Waals surface area contributed by atoms with E-state index in [0.29, 0.717) is 11.8 Å². The molecule has 29 heavy (non-hydrogen) atoms. The Balaban J connectivity index is 1.42. The number of urea groups is 1. The Morgan fingerprint density at radius 1 is 0.931 bits per heavy atom. The van der Waals surface area contributed by atoms with Gasteiger partial charge < -0.3 is 10.6 Å². The summed E-state index contributed by atoms with van der Waals surface area (Å²) < 4.78 is 40.6. The fourth-order valence-electron chi connectivity index (χ4n) is 6.41. The molecule has 0 aliphatic heterocycles. The summed E-state index contributed by atoms with van der Waals surface area (Å²) in [5.41, 5.74) is 2.15. The van der Waals surface area contributed by atoms with Crippen molar-refractivity contribution in [3.8, 4) is 0 Å². The van der Waals surface area contributed by atoms with E-state index < -0.39 is 29.0 Å². The monoisotopic (exact) mass is 400 g/mol. The van der Waals surface area contributed by atoms with Gasteiger partial charge in [-0.3, -0.25) is 0 Å². The van der Waals surface area contributed by atoms with Gasteiger partial charge in [-0.15, -0.1) is 0 Å². The van der Waals surface area contributed by atoms with E-state index in [9.17, 15) is 18.0 Å². The quantitative estimate of drug-likeness (QED) is 0.612. The molecule has 2 atom stereocenters. The third-order valence-electron chi connectivity index (χ3n) is 7.06. The van der Waals surface area contributed by atoms with Gasteiger partial charge in [0, 0.05) is 5.54 Å². The highest BCUT2D eigenvalue weighted by Crippen LogP contribution is 2.62. The van der Waals surface area contributed by atoms with Crippen LogP contribution in [0.15, 0.2) is 36.4 Å². The van der Waals surface area contributed by atoms with Crippen LogP contribution in [-0.2, 0) is 0 Å². The Kier molecular flexibility index (Phi) is 3.99. The zero-order chi connectivity index (χ0) is 20.4. The molecular formula is C23H23F3N2O. The van der Waals surface area contributed by atoms with Crippen LogP contribution in [-0.4, -0.2) is 11.6 Å². The first kappa shape index (κ1) is 18.5. The van der Waals surface area contributed by atoms with Crippen molar-refractivity contribution in [3.05, 3.63) is 65.0 Å². The molecule has 0 aromatic heterocycles. The highest BCUT2D eigenvalue weighted by molar-refractivity contribution is 5.90. The van der Waals surface area contributed by atoms with Gasteiger partial charge in [0.05, 0.1) is 5.69 Å². The average Bonchev–Trinajstić information content (AvgIpc) is 2.80. The maximum atomic E-state index is 14.0. The minimum atomic E-state index is -1.59. The van der Waals surface area contributed by atoms with Crippen molar-refractivity contribution in [1.29, 1.82) is 0 Å². The van der Waals surface area contributed by atoms with E-state index in [-0.39, 0.29) is 11.1 Å². The number of hydrogen-bond acceptors (Lipinski definition) is 1. The summed E-state index contributed by atoms with van der Waals surface area (Å²) in [6.45, 7) is 2.29. The van der Waals surface area contributed by atoms with Crippen LogP contribution in [0.2, 0.25) is 0 Å². The van der Waals surface area contributed by atoms with Gasteiger partial charge in [0.15, 0.2) is 17.5 Å². The van der Waals surface area contributed by atoms with Crippen molar-refractivity contribution >= 4 is 11.7 Å². The van der Waals surface area contributed by atoms with E-state index >= 15 is 0 Å². The van der Waals surface area contributed by atoms with Crippen LogP contribution in [0.1, 0.15) is 62.0 Å². The van der Waals surface area contributed by atoms with E-state index in [1.54, 1.807) is 0 Å². The van der Waals surface area contributed by atoms with E-state index in [1.807, 2.05) is 0 Å². The van der Waals surface area contributed by atoms with Crippen molar-refractivity contribution in [2.45, 2.75) is 56.4 Å². The molecule has 0 radical (unpaired) electrons. The van der Waals surface area contributed by atoms with Gasteiger partial charge in [-0.2, -0.15) is 0 Å². The third kappa shape index (κ3) is 3.00. The number of carbonyl (C=O) groups is 1. The maximum Gasteiger partial charge on any atom is 0.319 e. The molecule has 2 aromatic carbocycles. The molecule has 152 valence electrons. The molecule has 4 bridgehead atoms. The molecule has 6 heteroatoms. The van der Waals surface area contributed by atoms with Crippen LogP contribution in [0.3, 0.4) is 0 Å². The van der Waals surface area contributed by atoms with Crippen molar-refractivity contribution in [1.82, 2.24) is 5.32 Å². The number of carbonyl (C=O) groups excluding carboxylic acids is 1. The Morgan fingerprint density at radius 3 is 2.17 bits per heavy atom. The van der Waals surface area contributed by atoms with Gasteiger partial charge >= 0.3 is 6.03 Å². The second-order valence-electron chi connectivity index (χ2n) is 9.41. The zero-order valence-electron chi connectivity index (χ0n) is 16.2. The molecule has 4 aliphatic rings. The van der Waals surface area contributed by atoms with Gasteiger partial charge in [-0.05, 0) is 72.6 Å². The van der Waals surface area contributed by atoms with Crippen molar-refractivity contribution in [2.24, 2.45) is 5.41 Å². The number of amides is 2. The van der Waals surface area contributed by atoms with Crippen LogP contribution < -0.4 is 10.6 Å². The summed E-state index contributed by atoms with van der Waals surface area (Å²) in [6.07, 6.45) is 4.75. The number of benzene rings is 2. The molecule has 0 saturated heterocycles. The Bertz CT molecular complexity index is 971. The van der Waals surface area contributed by atoms with Gasteiger partial charge in [-0.1, -0.05) is 31.2 Å². The molecule has 2 amide bonds. The first-order valence-corrected chi connectivity index (χ1v) is 10.1. The van der Waals surface area contributed by atoms with Gasteiger partial charge in [0.2, 0.25) is 0 Å². The zero-order valence-corrected chi connectivity index (χ0v) is 16.2. The molecule has 2 unspecified atom stereocenters. The van der Waals surface area contributed by atoms with Crippen LogP contribution in [0.5, 0.6) is 0 Å². The number of nitrogens with one attached hydrogen (secondary N) is 2. The van der Waals surface area contributed by atoms with Crippen molar-refractivity contribution < 1.29 is 18.0 Å². The third-order valence-corrected chi connectivity index (χ3v) is 7.06. The second-order valence-corrected chi connectivity index (χ2v) is 9.41. The minimum absolute atomic E-state index is 0.130. The average molecular weight is 400 g/mol. The fraction of sp³-hybridized carbons (Fsp3) is 0.435. The first-order chi connectivity index (χ1) is 13.8. The van der Waals surface area contributed by atoms with Gasteiger partial charge in [0.1, 0.15) is 0 Å². The van der Waals surface area contributed by atoms with Crippen LogP contribution in [0, 0.1) is 22.9 Å². The smallest absolute Gasteiger partial charge is 0.319 e. The number of halogens is 3. The Hall–Kier alpha value is -2.50. The van der Waals surface area contributed by atoms with Crippen LogP contribution >= 0.6 is 0 Å². The molecule has 2 aromatic rings. The van der Waals surface area contributed by atoms with Gasteiger partial charge in [0.25, 0.3) is 0 Å². The lowest BCUT2D eigenvalue weighted by molar-refractivity contribution is 0.0386. The fourth-order valence-corrected chi connectivity index (χ4v) is 6.41. The maximum absolute atomic E-state index is 14.0. The molecule has 0 spiro atoms. The van der Waals surface area contributed by atoms with E-state index in [0.717, 1.165) is 44.2 Å². The standard InChI is InChI=1S/C23H23F3N2O/c1-22-8-13-10-23(12-22,11-14(9-22)16-5-3-2-4-15(13)16)28-21(29)27-18-7-6-17(24)19(25)20(18)26/h2-7,13-14H,8-12H2,1H3,(H2,27,28,29). The normalized spacial score (nSPS) is 31.9. The van der Waals surface area contributed by atoms with Crippen LogP contribution in [0.25, 0.3) is 0 Å². The van der Waals surface area contributed by atoms with Gasteiger partial charge in [-0.25, -0.2) is 18.0 Å². The summed E-state index contributed by atoms with van der Waals surface area (Å²) in [5, 5.41) is 5.48. The summed E-state index contributed by atoms with van der Waals surface area (Å²) in [4.78, 5) is 12.7. The Labute approximate surface area is 167 Å². The lowest BCUT2D eigenvalue weighted by atomic mass is 9.55. The predicted octanol–water partition coefficient (Wildman–Crippen LogP) is 5.83. The molecule has 3 nitrogen and oxygen atoms in total. The number of hydrogen-bond donors (Lipinski definition) is 2. The summed E-state index contributed by atoms with van der Waals surface area (Å²) in [5.74, 6) is -3.51. The second kappa shape index (κ2) is 6.25. The number of rotatable bonds is 2. The largest absolute Gasteiger partial charge is 0.332 e. The lowest BCUT2D eigenvalue weighted by Crippen LogP contribution is -2.58. The van der Waals surface area contributed by atoms with E-state index in [1.165, 1.54) is 11.1 Å².